The van der Waals surface area contributed by atoms with Crippen LogP contribution in [0.4, 0.5) is 0 Å². The molecule has 1 saturated heterocycles. The van der Waals surface area contributed by atoms with Gasteiger partial charge in [-0.25, -0.2) is 0 Å². The Labute approximate surface area is 95.8 Å². The Morgan fingerprint density at radius 3 is 2.38 bits per heavy atom. The molecule has 0 aromatic heterocycles. The van der Waals surface area contributed by atoms with Gasteiger partial charge in [-0.2, -0.15) is 17.4 Å². The van der Waals surface area contributed by atoms with Crippen molar-refractivity contribution in [2.24, 2.45) is 0 Å². The molecule has 0 aromatic rings. The van der Waals surface area contributed by atoms with Crippen LogP contribution in [0.2, 0.25) is 0 Å². The fourth-order valence-electron chi connectivity index (χ4n) is 1.67. The zero-order valence-electron chi connectivity index (χ0n) is 9.35. The molecule has 1 fully saturated rings. The smallest absolute Gasteiger partial charge is 0.321 e. The Balaban J connectivity index is 2.65. The van der Waals surface area contributed by atoms with Gasteiger partial charge in [0.2, 0.25) is 0 Å². The summed E-state index contributed by atoms with van der Waals surface area (Å²) in [5, 5.41) is 8.79. The van der Waals surface area contributed by atoms with Gasteiger partial charge in [0.15, 0.2) is 0 Å². The van der Waals surface area contributed by atoms with Crippen molar-refractivity contribution in [1.29, 1.82) is 0 Å². The number of hydrogen-bond acceptors (Lipinski definition) is 3. The van der Waals surface area contributed by atoms with E-state index < -0.39 is 22.2 Å². The molecule has 1 aliphatic rings. The summed E-state index contributed by atoms with van der Waals surface area (Å²) in [6, 6.07) is -1.04. The molecule has 0 spiro atoms. The van der Waals surface area contributed by atoms with Crippen LogP contribution in [0.15, 0.2) is 0 Å². The first kappa shape index (κ1) is 13.4. The standard InChI is InChI=1S/C9H18N2O4S/c1-2-8(9(12)13)10-16(14,15)11-6-4-3-5-7-11/h8,10H,2-7H2,1H3,(H,12,13)/t8-/m1/s1. The summed E-state index contributed by atoms with van der Waals surface area (Å²) < 4.78 is 27.2. The largest absolute Gasteiger partial charge is 0.480 e. The van der Waals surface area contributed by atoms with Crippen LogP contribution in [0, 0.1) is 0 Å². The number of nitrogens with one attached hydrogen (secondary N) is 1. The van der Waals surface area contributed by atoms with E-state index in [1.54, 1.807) is 6.92 Å². The number of nitrogens with zero attached hydrogens (tertiary/aromatic N) is 1. The van der Waals surface area contributed by atoms with E-state index >= 15 is 0 Å². The minimum atomic E-state index is -3.64. The minimum Gasteiger partial charge on any atom is -0.480 e. The second-order valence-electron chi connectivity index (χ2n) is 3.88. The van der Waals surface area contributed by atoms with E-state index in [1.165, 1.54) is 4.31 Å². The SMILES string of the molecule is CC[C@@H](NS(=O)(=O)N1CCCCC1)C(=O)O. The number of hydrogen-bond donors (Lipinski definition) is 2. The fraction of sp³-hybridized carbons (Fsp3) is 0.889. The van der Waals surface area contributed by atoms with Crippen LogP contribution in [-0.4, -0.2) is 42.9 Å². The molecule has 0 amide bonds. The predicted octanol–water partition coefficient (Wildman–Crippen LogP) is 0.170. The topological polar surface area (TPSA) is 86.7 Å². The summed E-state index contributed by atoms with van der Waals surface area (Å²) in [5.41, 5.74) is 0. The summed E-state index contributed by atoms with van der Waals surface area (Å²) >= 11 is 0. The van der Waals surface area contributed by atoms with E-state index in [0.29, 0.717) is 13.1 Å². The molecule has 0 saturated carbocycles. The van der Waals surface area contributed by atoms with Crippen LogP contribution in [0.3, 0.4) is 0 Å². The Morgan fingerprint density at radius 1 is 1.38 bits per heavy atom. The molecule has 6 nitrogen and oxygen atoms in total. The van der Waals surface area contributed by atoms with E-state index in [4.69, 9.17) is 5.11 Å². The van der Waals surface area contributed by atoms with Crippen LogP contribution < -0.4 is 4.72 Å². The van der Waals surface area contributed by atoms with Crippen molar-refractivity contribution in [3.63, 3.8) is 0 Å². The van der Waals surface area contributed by atoms with Crippen molar-refractivity contribution in [3.8, 4) is 0 Å². The third-order valence-electron chi connectivity index (χ3n) is 2.65. The van der Waals surface area contributed by atoms with E-state index in [-0.39, 0.29) is 6.42 Å². The molecule has 2 N–H and O–H groups in total. The molecule has 7 heteroatoms. The quantitative estimate of drug-likeness (QED) is 0.728. The number of carboxylic acid groups (broad SMARTS) is 1. The van der Waals surface area contributed by atoms with Gasteiger partial charge in [0, 0.05) is 13.1 Å². The van der Waals surface area contributed by atoms with Gasteiger partial charge in [0.1, 0.15) is 6.04 Å². The molecule has 0 bridgehead atoms. The van der Waals surface area contributed by atoms with Crippen molar-refractivity contribution in [2.75, 3.05) is 13.1 Å². The van der Waals surface area contributed by atoms with Crippen molar-refractivity contribution >= 4 is 16.2 Å². The van der Waals surface area contributed by atoms with Gasteiger partial charge in [-0.05, 0) is 19.3 Å². The van der Waals surface area contributed by atoms with Crippen LogP contribution in [0.25, 0.3) is 0 Å². The van der Waals surface area contributed by atoms with Gasteiger partial charge in [0.25, 0.3) is 10.2 Å². The molecule has 0 unspecified atom stereocenters. The Hall–Kier alpha value is -0.660. The molecule has 1 aliphatic heterocycles. The summed E-state index contributed by atoms with van der Waals surface area (Å²) in [5.74, 6) is -1.14. The Bertz CT molecular complexity index is 335. The lowest BCUT2D eigenvalue weighted by Crippen LogP contribution is -2.49. The zero-order chi connectivity index (χ0) is 12.2. The molecular formula is C9H18N2O4S. The first-order valence-corrected chi connectivity index (χ1v) is 6.91. The van der Waals surface area contributed by atoms with E-state index in [1.807, 2.05) is 0 Å². The molecule has 94 valence electrons. The average Bonchev–Trinajstić information content (AvgIpc) is 2.27. The minimum absolute atomic E-state index is 0.238. The van der Waals surface area contributed by atoms with Gasteiger partial charge in [-0.3, -0.25) is 4.79 Å². The monoisotopic (exact) mass is 250 g/mol. The number of aliphatic carboxylic acids is 1. The summed E-state index contributed by atoms with van der Waals surface area (Å²) in [6.07, 6.45) is 2.94. The number of rotatable bonds is 5. The molecule has 0 aromatic carbocycles. The fourth-order valence-corrected chi connectivity index (χ4v) is 3.18. The normalized spacial score (nSPS) is 20.6. The van der Waals surface area contributed by atoms with Crippen molar-refractivity contribution in [1.82, 2.24) is 9.03 Å². The molecule has 16 heavy (non-hydrogen) atoms. The summed E-state index contributed by atoms with van der Waals surface area (Å²) in [4.78, 5) is 10.7. The van der Waals surface area contributed by atoms with Gasteiger partial charge < -0.3 is 5.11 Å². The predicted molar refractivity (Wildman–Crippen MR) is 59.2 cm³/mol. The molecule has 1 atom stereocenters. The molecule has 0 radical (unpaired) electrons. The second kappa shape index (κ2) is 5.60. The first-order valence-electron chi connectivity index (χ1n) is 5.47. The number of carbonyl (C=O) groups is 1. The van der Waals surface area contributed by atoms with Gasteiger partial charge in [-0.1, -0.05) is 13.3 Å². The van der Waals surface area contributed by atoms with Crippen molar-refractivity contribution in [3.05, 3.63) is 0 Å². The second-order valence-corrected chi connectivity index (χ2v) is 5.58. The van der Waals surface area contributed by atoms with Crippen molar-refractivity contribution in [2.45, 2.75) is 38.6 Å². The first-order chi connectivity index (χ1) is 7.47. The van der Waals surface area contributed by atoms with Crippen LogP contribution in [0.5, 0.6) is 0 Å². The van der Waals surface area contributed by atoms with Crippen LogP contribution in [0.1, 0.15) is 32.6 Å². The number of piperidine rings is 1. The maximum atomic E-state index is 11.8. The summed E-state index contributed by atoms with van der Waals surface area (Å²) in [7, 11) is -3.64. The van der Waals surface area contributed by atoms with E-state index in [9.17, 15) is 13.2 Å². The van der Waals surface area contributed by atoms with Gasteiger partial charge in [0.05, 0.1) is 0 Å². The molecular weight excluding hydrogens is 232 g/mol. The molecule has 0 aliphatic carbocycles. The maximum Gasteiger partial charge on any atom is 0.321 e. The molecule has 1 heterocycles. The summed E-state index contributed by atoms with van der Waals surface area (Å²) in [6.45, 7) is 2.59. The highest BCUT2D eigenvalue weighted by molar-refractivity contribution is 7.87. The Morgan fingerprint density at radius 2 is 1.94 bits per heavy atom. The van der Waals surface area contributed by atoms with Gasteiger partial charge >= 0.3 is 5.97 Å². The zero-order valence-corrected chi connectivity index (χ0v) is 10.2. The lowest BCUT2D eigenvalue weighted by molar-refractivity contribution is -0.139. The lowest BCUT2D eigenvalue weighted by atomic mass is 10.2. The van der Waals surface area contributed by atoms with Crippen molar-refractivity contribution < 1.29 is 18.3 Å². The average molecular weight is 250 g/mol. The third-order valence-corrected chi connectivity index (χ3v) is 4.28. The molecule has 1 rings (SSSR count). The highest BCUT2D eigenvalue weighted by Gasteiger charge is 2.28. The lowest BCUT2D eigenvalue weighted by Gasteiger charge is -2.27. The Kier molecular flexibility index (Phi) is 4.69. The van der Waals surface area contributed by atoms with Gasteiger partial charge in [-0.15, -0.1) is 0 Å². The van der Waals surface area contributed by atoms with Crippen LogP contribution in [-0.2, 0) is 15.0 Å². The third kappa shape index (κ3) is 3.43. The van der Waals surface area contributed by atoms with Crippen LogP contribution >= 0.6 is 0 Å². The van der Waals surface area contributed by atoms with E-state index in [2.05, 4.69) is 4.72 Å². The highest BCUT2D eigenvalue weighted by Crippen LogP contribution is 2.12. The van der Waals surface area contributed by atoms with E-state index in [0.717, 1.165) is 19.3 Å². The maximum absolute atomic E-state index is 11.8. The highest BCUT2D eigenvalue weighted by atomic mass is 32.2. The number of carboxylic acids is 1.